The number of carbonyl (C=O) groups excluding carboxylic acids is 1. The van der Waals surface area contributed by atoms with Gasteiger partial charge in [0.15, 0.2) is 0 Å². The maximum atomic E-state index is 13.4. The average Bonchev–Trinajstić information content (AvgIpc) is 2.83. The second kappa shape index (κ2) is 10.5. The average molecular weight is 525 g/mol. The quantitative estimate of drug-likeness (QED) is 0.433. The van der Waals surface area contributed by atoms with E-state index in [1.54, 1.807) is 11.0 Å². The molecule has 9 nitrogen and oxygen atoms in total. The number of anilines is 1. The van der Waals surface area contributed by atoms with Crippen molar-refractivity contribution in [1.29, 1.82) is 0 Å². The van der Waals surface area contributed by atoms with E-state index in [0.29, 0.717) is 18.8 Å². The highest BCUT2D eigenvalue weighted by molar-refractivity contribution is 7.89. The van der Waals surface area contributed by atoms with Crippen LogP contribution < -0.4 is 9.62 Å². The topological polar surface area (TPSA) is 123 Å². The van der Waals surface area contributed by atoms with Gasteiger partial charge in [-0.25, -0.2) is 13.1 Å². The minimum atomic E-state index is -3.67. The van der Waals surface area contributed by atoms with Gasteiger partial charge in [0.1, 0.15) is 16.4 Å². The van der Waals surface area contributed by atoms with E-state index >= 15 is 0 Å². The third-order valence-electron chi connectivity index (χ3n) is 6.53. The summed E-state index contributed by atoms with van der Waals surface area (Å²) in [6, 6.07) is 11.2. The molecule has 4 rings (SSSR count). The predicted molar refractivity (Wildman–Crippen MR) is 143 cm³/mol. The summed E-state index contributed by atoms with van der Waals surface area (Å²) in [5.74, 6) is -0.729. The number of benzene rings is 2. The minimum absolute atomic E-state index is 0.0802. The number of pyridine rings is 1. The van der Waals surface area contributed by atoms with E-state index in [4.69, 9.17) is 0 Å². The molecule has 3 N–H and O–H groups in total. The molecule has 1 atom stereocenters. The van der Waals surface area contributed by atoms with Crippen molar-refractivity contribution in [2.45, 2.75) is 37.6 Å². The molecule has 0 aliphatic carbocycles. The van der Waals surface area contributed by atoms with Crippen molar-refractivity contribution in [2.24, 2.45) is 0 Å². The Balaban J connectivity index is 1.63. The summed E-state index contributed by atoms with van der Waals surface area (Å²) in [6.45, 7) is 4.68. The van der Waals surface area contributed by atoms with Crippen LogP contribution in [-0.2, 0) is 16.4 Å². The number of carbonyl (C=O) groups is 1. The first-order chi connectivity index (χ1) is 17.5. The number of aromatic hydroxyl groups is 2. The third kappa shape index (κ3) is 5.61. The van der Waals surface area contributed by atoms with Crippen LogP contribution in [0.4, 0.5) is 5.69 Å². The van der Waals surface area contributed by atoms with Crippen molar-refractivity contribution in [3.05, 3.63) is 65.4 Å². The molecule has 0 bridgehead atoms. The van der Waals surface area contributed by atoms with Crippen LogP contribution in [0.2, 0.25) is 0 Å². The summed E-state index contributed by atoms with van der Waals surface area (Å²) >= 11 is 0. The molecule has 1 aromatic heterocycles. The maximum absolute atomic E-state index is 13.4. The van der Waals surface area contributed by atoms with Crippen molar-refractivity contribution >= 4 is 21.6 Å². The fourth-order valence-corrected chi connectivity index (χ4v) is 5.57. The largest absolute Gasteiger partial charge is 0.508 e. The molecular formula is C27H32N4O5S. The van der Waals surface area contributed by atoms with Crippen LogP contribution in [-0.4, -0.2) is 67.6 Å². The molecule has 2 heterocycles. The lowest BCUT2D eigenvalue weighted by molar-refractivity contribution is 0.0972. The SMILES string of the molecule is Cc1cc(S(=O)(=O)NCCN(C)C)cnc1-c1ccc2c(c1)CC[C@H](C)N2C(=O)c1ccc(O)cc1O. The number of nitrogens with zero attached hydrogens (tertiary/aromatic N) is 3. The highest BCUT2D eigenvalue weighted by atomic mass is 32.2. The van der Waals surface area contributed by atoms with Crippen molar-refractivity contribution in [2.75, 3.05) is 32.1 Å². The van der Waals surface area contributed by atoms with Gasteiger partial charge >= 0.3 is 0 Å². The lowest BCUT2D eigenvalue weighted by Crippen LogP contribution is -2.42. The minimum Gasteiger partial charge on any atom is -0.508 e. The molecule has 0 saturated carbocycles. The zero-order valence-corrected chi connectivity index (χ0v) is 22.2. The number of likely N-dealkylation sites (N-methyl/N-ethyl adjacent to an activating group) is 1. The lowest BCUT2D eigenvalue weighted by atomic mass is 9.92. The number of nitrogens with one attached hydrogen (secondary N) is 1. The van der Waals surface area contributed by atoms with Gasteiger partial charge < -0.3 is 20.0 Å². The van der Waals surface area contributed by atoms with Crippen LogP contribution in [0.25, 0.3) is 11.3 Å². The van der Waals surface area contributed by atoms with Crippen molar-refractivity contribution in [1.82, 2.24) is 14.6 Å². The Morgan fingerprint density at radius 1 is 1.16 bits per heavy atom. The van der Waals surface area contributed by atoms with Gasteiger partial charge in [0.25, 0.3) is 5.91 Å². The molecule has 0 fully saturated rings. The Morgan fingerprint density at radius 2 is 1.92 bits per heavy atom. The number of hydrogen-bond donors (Lipinski definition) is 3. The summed E-state index contributed by atoms with van der Waals surface area (Å²) in [6.07, 6.45) is 2.87. The van der Waals surface area contributed by atoms with Crippen LogP contribution >= 0.6 is 0 Å². The fourth-order valence-electron chi connectivity index (χ4n) is 4.52. The molecule has 37 heavy (non-hydrogen) atoms. The summed E-state index contributed by atoms with van der Waals surface area (Å²) in [5.41, 5.74) is 4.06. The number of hydrogen-bond acceptors (Lipinski definition) is 7. The van der Waals surface area contributed by atoms with Crippen LogP contribution in [0.5, 0.6) is 11.5 Å². The first-order valence-electron chi connectivity index (χ1n) is 12.1. The van der Waals surface area contributed by atoms with Gasteiger partial charge in [-0.05, 0) is 82.2 Å². The number of aromatic nitrogens is 1. The predicted octanol–water partition coefficient (Wildman–Crippen LogP) is 3.29. The van der Waals surface area contributed by atoms with Gasteiger partial charge in [0.05, 0.1) is 11.3 Å². The molecule has 10 heteroatoms. The molecule has 0 unspecified atom stereocenters. The molecule has 0 saturated heterocycles. The van der Waals surface area contributed by atoms with Gasteiger partial charge in [-0.15, -0.1) is 0 Å². The summed E-state index contributed by atoms with van der Waals surface area (Å²) in [4.78, 5) is 21.5. The van der Waals surface area contributed by atoms with Crippen molar-refractivity contribution < 1.29 is 23.4 Å². The van der Waals surface area contributed by atoms with Crippen LogP contribution in [0.15, 0.2) is 53.6 Å². The van der Waals surface area contributed by atoms with Crippen molar-refractivity contribution in [3.63, 3.8) is 0 Å². The molecule has 3 aromatic rings. The first-order valence-corrected chi connectivity index (χ1v) is 13.6. The van der Waals surface area contributed by atoms with Gasteiger partial charge in [-0.3, -0.25) is 9.78 Å². The molecule has 1 aliphatic heterocycles. The smallest absolute Gasteiger partial charge is 0.262 e. The number of phenols is 2. The molecule has 1 amide bonds. The number of fused-ring (bicyclic) bond motifs is 1. The zero-order valence-electron chi connectivity index (χ0n) is 21.4. The summed E-state index contributed by atoms with van der Waals surface area (Å²) in [7, 11) is 0.0840. The van der Waals surface area contributed by atoms with E-state index in [-0.39, 0.29) is 33.9 Å². The maximum Gasteiger partial charge on any atom is 0.262 e. The van der Waals surface area contributed by atoms with Gasteiger partial charge in [-0.2, -0.15) is 0 Å². The fraction of sp³-hybridized carbons (Fsp3) is 0.333. The summed E-state index contributed by atoms with van der Waals surface area (Å²) in [5, 5.41) is 19.8. The molecule has 2 aromatic carbocycles. The Morgan fingerprint density at radius 3 is 2.59 bits per heavy atom. The summed E-state index contributed by atoms with van der Waals surface area (Å²) < 4.78 is 27.9. The van der Waals surface area contributed by atoms with Gasteiger partial charge in [-0.1, -0.05) is 6.07 Å². The molecular weight excluding hydrogens is 492 g/mol. The third-order valence-corrected chi connectivity index (χ3v) is 7.96. The van der Waals surface area contributed by atoms with E-state index < -0.39 is 10.0 Å². The number of sulfonamides is 1. The van der Waals surface area contributed by atoms with Gasteiger partial charge in [0, 0.05) is 42.6 Å². The first kappa shape index (κ1) is 26.6. The number of phenolic OH excluding ortho intramolecular Hbond substituents is 2. The lowest BCUT2D eigenvalue weighted by Gasteiger charge is -2.35. The molecule has 0 radical (unpaired) electrons. The Bertz CT molecular complexity index is 1440. The number of amides is 1. The van der Waals surface area contributed by atoms with Crippen LogP contribution in [0, 0.1) is 6.92 Å². The Hall–Kier alpha value is -3.47. The van der Waals surface area contributed by atoms with E-state index in [0.717, 1.165) is 41.3 Å². The van der Waals surface area contributed by atoms with E-state index in [1.165, 1.54) is 18.3 Å². The second-order valence-corrected chi connectivity index (χ2v) is 11.4. The van der Waals surface area contributed by atoms with E-state index in [1.807, 2.05) is 51.0 Å². The van der Waals surface area contributed by atoms with Crippen LogP contribution in [0.1, 0.15) is 34.8 Å². The van der Waals surface area contributed by atoms with E-state index in [2.05, 4.69) is 9.71 Å². The van der Waals surface area contributed by atoms with E-state index in [9.17, 15) is 23.4 Å². The van der Waals surface area contributed by atoms with Crippen LogP contribution in [0.3, 0.4) is 0 Å². The normalized spacial score (nSPS) is 15.6. The van der Waals surface area contributed by atoms with Crippen molar-refractivity contribution in [3.8, 4) is 22.8 Å². The molecule has 196 valence electrons. The van der Waals surface area contributed by atoms with Gasteiger partial charge in [0.2, 0.25) is 10.0 Å². The molecule has 0 spiro atoms. The Kier molecular flexibility index (Phi) is 7.54. The Labute approximate surface area is 217 Å². The zero-order chi connectivity index (χ0) is 26.9. The standard InChI is InChI=1S/C27H32N4O5S/c1-17-13-22(37(35,36)29-11-12-30(3)4)16-28-26(17)20-7-10-24-19(14-20)6-5-18(2)31(24)27(34)23-9-8-21(32)15-25(23)33/h7-10,13-16,18,29,32-33H,5-6,11-12H2,1-4H3/t18-/m0/s1. The number of rotatable bonds is 7. The highest BCUT2D eigenvalue weighted by Crippen LogP contribution is 2.37. The number of aryl methyl sites for hydroxylation is 2. The second-order valence-electron chi connectivity index (χ2n) is 9.65. The highest BCUT2D eigenvalue weighted by Gasteiger charge is 2.31. The monoisotopic (exact) mass is 524 g/mol. The molecule has 1 aliphatic rings.